The van der Waals surface area contributed by atoms with Crippen molar-refractivity contribution in [2.45, 2.75) is 18.9 Å². The van der Waals surface area contributed by atoms with Gasteiger partial charge in [-0.05, 0) is 18.1 Å². The number of nitrogens with zero attached hydrogens (tertiary/aromatic N) is 3. The molecule has 0 amide bonds. The normalized spacial score (nSPS) is 17.6. The highest BCUT2D eigenvalue weighted by atomic mass is 35.5. The summed E-state index contributed by atoms with van der Waals surface area (Å²) in [6.07, 6.45) is 0.976. The van der Waals surface area contributed by atoms with Crippen LogP contribution >= 0.6 is 11.6 Å². The van der Waals surface area contributed by atoms with Gasteiger partial charge in [0.2, 0.25) is 5.95 Å². The van der Waals surface area contributed by atoms with E-state index in [1.54, 1.807) is 0 Å². The van der Waals surface area contributed by atoms with Gasteiger partial charge in [-0.3, -0.25) is 0 Å². The largest absolute Gasteiger partial charge is 0.381 e. The van der Waals surface area contributed by atoms with Crippen LogP contribution in [-0.4, -0.2) is 30.2 Å². The van der Waals surface area contributed by atoms with Gasteiger partial charge in [0.1, 0.15) is 5.82 Å². The van der Waals surface area contributed by atoms with Crippen molar-refractivity contribution in [2.24, 2.45) is 0 Å². The molecular formula is C16H19ClN4O. The van der Waals surface area contributed by atoms with Crippen LogP contribution in [0, 0.1) is 0 Å². The highest BCUT2D eigenvalue weighted by Crippen LogP contribution is 2.27. The van der Waals surface area contributed by atoms with Crippen molar-refractivity contribution in [3.63, 3.8) is 0 Å². The number of hydrogen-bond acceptors (Lipinski definition) is 5. The summed E-state index contributed by atoms with van der Waals surface area (Å²) >= 11 is 6.22. The Kier molecular flexibility index (Phi) is 4.45. The maximum Gasteiger partial charge on any atom is 0.222 e. The molecule has 0 radical (unpaired) electrons. The molecule has 1 aliphatic rings. The average Bonchev–Trinajstić information content (AvgIpc) is 3.03. The maximum atomic E-state index is 6.22. The van der Waals surface area contributed by atoms with E-state index in [1.807, 2.05) is 42.3 Å². The second-order valence-electron chi connectivity index (χ2n) is 5.52. The third-order valence-electron chi connectivity index (χ3n) is 3.85. The summed E-state index contributed by atoms with van der Waals surface area (Å²) in [5.41, 5.74) is 7.87. The number of halogens is 1. The molecule has 2 aromatic rings. The van der Waals surface area contributed by atoms with E-state index >= 15 is 0 Å². The number of nitrogen functional groups attached to an aromatic ring is 1. The predicted octanol–water partition coefficient (Wildman–Crippen LogP) is 2.85. The van der Waals surface area contributed by atoms with E-state index in [0.717, 1.165) is 35.1 Å². The Morgan fingerprint density at radius 1 is 1.36 bits per heavy atom. The first kappa shape index (κ1) is 15.1. The smallest absolute Gasteiger partial charge is 0.222 e. The zero-order chi connectivity index (χ0) is 15.5. The van der Waals surface area contributed by atoms with E-state index in [2.05, 4.69) is 9.97 Å². The first-order chi connectivity index (χ1) is 10.6. The molecule has 2 heterocycles. The van der Waals surface area contributed by atoms with E-state index in [1.165, 1.54) is 0 Å². The Bertz CT molecular complexity index is 658. The number of anilines is 2. The summed E-state index contributed by atoms with van der Waals surface area (Å²) in [4.78, 5) is 10.7. The second kappa shape index (κ2) is 6.50. The Hall–Kier alpha value is -1.85. The molecule has 5 nitrogen and oxygen atoms in total. The summed E-state index contributed by atoms with van der Waals surface area (Å²) in [6, 6.07) is 9.79. The number of benzene rings is 1. The number of ether oxygens (including phenoxy) is 1. The lowest BCUT2D eigenvalue weighted by Crippen LogP contribution is -2.19. The van der Waals surface area contributed by atoms with Gasteiger partial charge in [-0.25, -0.2) is 4.98 Å². The molecule has 1 aliphatic heterocycles. The van der Waals surface area contributed by atoms with Gasteiger partial charge in [-0.15, -0.1) is 0 Å². The summed E-state index contributed by atoms with van der Waals surface area (Å²) in [7, 11) is 1.97. The van der Waals surface area contributed by atoms with Crippen LogP contribution in [0.25, 0.3) is 0 Å². The first-order valence-corrected chi connectivity index (χ1v) is 7.68. The van der Waals surface area contributed by atoms with E-state index in [-0.39, 0.29) is 0 Å². The standard InChI is InChI=1S/C16H19ClN4O/c1-21(9-11-4-2-3-5-13(11)17)15-8-14(19-16(18)20-15)12-6-7-22-10-12/h2-5,8,12H,6-7,9-10H2,1H3,(H2,18,19,20)/t12-/m1/s1. The van der Waals surface area contributed by atoms with E-state index in [9.17, 15) is 0 Å². The van der Waals surface area contributed by atoms with Crippen molar-refractivity contribution in [1.29, 1.82) is 0 Å². The van der Waals surface area contributed by atoms with Crippen LogP contribution < -0.4 is 10.6 Å². The fraction of sp³-hybridized carbons (Fsp3) is 0.375. The lowest BCUT2D eigenvalue weighted by atomic mass is 10.0. The molecule has 1 fully saturated rings. The van der Waals surface area contributed by atoms with Crippen LogP contribution in [0.3, 0.4) is 0 Å². The Labute approximate surface area is 135 Å². The van der Waals surface area contributed by atoms with Gasteiger partial charge in [-0.1, -0.05) is 29.8 Å². The molecular weight excluding hydrogens is 300 g/mol. The van der Waals surface area contributed by atoms with Gasteiger partial charge in [0, 0.05) is 37.2 Å². The molecule has 6 heteroatoms. The summed E-state index contributed by atoms with van der Waals surface area (Å²) in [5, 5.41) is 0.751. The number of nitrogens with two attached hydrogens (primary N) is 1. The lowest BCUT2D eigenvalue weighted by molar-refractivity contribution is 0.193. The first-order valence-electron chi connectivity index (χ1n) is 7.30. The molecule has 0 aliphatic carbocycles. The molecule has 1 aromatic carbocycles. The molecule has 0 unspecified atom stereocenters. The van der Waals surface area contributed by atoms with Crippen LogP contribution in [0.15, 0.2) is 30.3 Å². The van der Waals surface area contributed by atoms with Crippen molar-refractivity contribution in [3.8, 4) is 0 Å². The van der Waals surface area contributed by atoms with Crippen LogP contribution in [0.1, 0.15) is 23.6 Å². The minimum atomic E-state index is 0.297. The molecule has 0 spiro atoms. The minimum absolute atomic E-state index is 0.297. The predicted molar refractivity (Wildman–Crippen MR) is 88.2 cm³/mol. The van der Waals surface area contributed by atoms with Crippen LogP contribution in [0.5, 0.6) is 0 Å². The molecule has 22 heavy (non-hydrogen) atoms. The topological polar surface area (TPSA) is 64.3 Å². The van der Waals surface area contributed by atoms with Crippen molar-refractivity contribution >= 4 is 23.4 Å². The molecule has 2 N–H and O–H groups in total. The van der Waals surface area contributed by atoms with Crippen LogP contribution in [0.2, 0.25) is 5.02 Å². The van der Waals surface area contributed by atoms with Crippen molar-refractivity contribution < 1.29 is 4.74 Å². The van der Waals surface area contributed by atoms with Crippen molar-refractivity contribution in [2.75, 3.05) is 30.9 Å². The quantitative estimate of drug-likeness (QED) is 0.939. The van der Waals surface area contributed by atoms with E-state index in [0.29, 0.717) is 25.0 Å². The van der Waals surface area contributed by atoms with Crippen molar-refractivity contribution in [3.05, 3.63) is 46.6 Å². The molecule has 1 atom stereocenters. The Morgan fingerprint density at radius 2 is 2.18 bits per heavy atom. The molecule has 116 valence electrons. The summed E-state index contributed by atoms with van der Waals surface area (Å²) in [6.45, 7) is 2.14. The zero-order valence-electron chi connectivity index (χ0n) is 12.5. The fourth-order valence-corrected chi connectivity index (χ4v) is 2.80. The lowest BCUT2D eigenvalue weighted by Gasteiger charge is -2.20. The Balaban J connectivity index is 1.82. The average molecular weight is 319 g/mol. The molecule has 0 saturated carbocycles. The summed E-state index contributed by atoms with van der Waals surface area (Å²) < 4.78 is 5.43. The fourth-order valence-electron chi connectivity index (χ4n) is 2.61. The number of hydrogen-bond donors (Lipinski definition) is 1. The number of rotatable bonds is 4. The molecule has 1 aromatic heterocycles. The van der Waals surface area contributed by atoms with Gasteiger partial charge in [0.25, 0.3) is 0 Å². The van der Waals surface area contributed by atoms with E-state index < -0.39 is 0 Å². The highest BCUT2D eigenvalue weighted by Gasteiger charge is 2.21. The second-order valence-corrected chi connectivity index (χ2v) is 5.92. The van der Waals surface area contributed by atoms with Crippen LogP contribution in [0.4, 0.5) is 11.8 Å². The molecule has 3 rings (SSSR count). The van der Waals surface area contributed by atoms with Gasteiger partial charge < -0.3 is 15.4 Å². The monoisotopic (exact) mass is 318 g/mol. The summed E-state index contributed by atoms with van der Waals surface area (Å²) in [5.74, 6) is 1.40. The number of aromatic nitrogens is 2. The van der Waals surface area contributed by atoms with Gasteiger partial charge >= 0.3 is 0 Å². The van der Waals surface area contributed by atoms with Gasteiger partial charge in [0.15, 0.2) is 0 Å². The van der Waals surface area contributed by atoms with Crippen LogP contribution in [-0.2, 0) is 11.3 Å². The molecule has 0 bridgehead atoms. The highest BCUT2D eigenvalue weighted by molar-refractivity contribution is 6.31. The Morgan fingerprint density at radius 3 is 2.91 bits per heavy atom. The zero-order valence-corrected chi connectivity index (χ0v) is 13.3. The minimum Gasteiger partial charge on any atom is -0.381 e. The van der Waals surface area contributed by atoms with Gasteiger partial charge in [-0.2, -0.15) is 4.98 Å². The maximum absolute atomic E-state index is 6.22. The van der Waals surface area contributed by atoms with E-state index in [4.69, 9.17) is 22.1 Å². The molecule has 1 saturated heterocycles. The van der Waals surface area contributed by atoms with Gasteiger partial charge in [0.05, 0.1) is 12.3 Å². The third kappa shape index (κ3) is 3.31. The van der Waals surface area contributed by atoms with Crippen molar-refractivity contribution in [1.82, 2.24) is 9.97 Å². The SMILES string of the molecule is CN(Cc1ccccc1Cl)c1cc([C@@H]2CCOC2)nc(N)n1. The third-order valence-corrected chi connectivity index (χ3v) is 4.22.